The van der Waals surface area contributed by atoms with Crippen molar-refractivity contribution in [2.45, 2.75) is 33.1 Å². The quantitative estimate of drug-likeness (QED) is 0.358. The molecule has 4 nitrogen and oxygen atoms in total. The Labute approximate surface area is 102 Å². The third kappa shape index (κ3) is 2.70. The van der Waals surface area contributed by atoms with Crippen LogP contribution in [0.3, 0.4) is 0 Å². The van der Waals surface area contributed by atoms with E-state index in [-0.39, 0.29) is 11.3 Å². The Kier molecular flexibility index (Phi) is 3.66. The fourth-order valence-electron chi connectivity index (χ4n) is 1.79. The summed E-state index contributed by atoms with van der Waals surface area (Å²) in [6.45, 7) is 8.27. The molecular formula is C13H20N2O2. The summed E-state index contributed by atoms with van der Waals surface area (Å²) < 4.78 is 5.41. The minimum atomic E-state index is -0.0676. The Morgan fingerprint density at radius 1 is 1.35 bits per heavy atom. The summed E-state index contributed by atoms with van der Waals surface area (Å²) in [5, 5.41) is 11.8. The molecule has 0 saturated heterocycles. The molecule has 17 heavy (non-hydrogen) atoms. The Morgan fingerprint density at radius 3 is 2.35 bits per heavy atom. The van der Waals surface area contributed by atoms with Gasteiger partial charge in [0.2, 0.25) is 0 Å². The van der Waals surface area contributed by atoms with Crippen molar-refractivity contribution in [1.82, 2.24) is 0 Å². The average molecular weight is 236 g/mol. The van der Waals surface area contributed by atoms with E-state index in [0.29, 0.717) is 11.3 Å². The Bertz CT molecular complexity index is 445. The minimum Gasteiger partial charge on any atom is -0.496 e. The fourth-order valence-corrected chi connectivity index (χ4v) is 1.79. The molecule has 0 heterocycles. The van der Waals surface area contributed by atoms with E-state index in [4.69, 9.17) is 15.7 Å². The van der Waals surface area contributed by atoms with Crippen LogP contribution in [0.15, 0.2) is 17.3 Å². The predicted octanol–water partition coefficient (Wildman–Crippen LogP) is 2.40. The minimum absolute atomic E-state index is 0.0658. The number of methoxy groups -OCH3 is 1. The molecule has 0 aliphatic heterocycles. The van der Waals surface area contributed by atoms with Crippen molar-refractivity contribution in [3.63, 3.8) is 0 Å². The number of benzene rings is 1. The van der Waals surface area contributed by atoms with Crippen LogP contribution in [0.4, 0.5) is 0 Å². The lowest BCUT2D eigenvalue weighted by atomic mass is 9.84. The van der Waals surface area contributed by atoms with Crippen LogP contribution in [-0.4, -0.2) is 18.2 Å². The van der Waals surface area contributed by atoms with Crippen molar-refractivity contribution in [3.05, 3.63) is 28.8 Å². The van der Waals surface area contributed by atoms with Gasteiger partial charge in [0.15, 0.2) is 5.84 Å². The van der Waals surface area contributed by atoms with Gasteiger partial charge in [0.05, 0.1) is 12.7 Å². The van der Waals surface area contributed by atoms with E-state index in [9.17, 15) is 0 Å². The topological polar surface area (TPSA) is 67.8 Å². The van der Waals surface area contributed by atoms with Crippen molar-refractivity contribution >= 4 is 5.84 Å². The molecular weight excluding hydrogens is 216 g/mol. The highest BCUT2D eigenvalue weighted by Gasteiger charge is 2.23. The van der Waals surface area contributed by atoms with Gasteiger partial charge >= 0.3 is 0 Å². The highest BCUT2D eigenvalue weighted by atomic mass is 16.5. The first-order valence-electron chi connectivity index (χ1n) is 5.48. The van der Waals surface area contributed by atoms with Gasteiger partial charge in [-0.05, 0) is 24.0 Å². The van der Waals surface area contributed by atoms with Gasteiger partial charge in [-0.15, -0.1) is 0 Å². The Hall–Kier alpha value is -1.71. The maximum Gasteiger partial charge on any atom is 0.173 e. The molecule has 0 aliphatic rings. The lowest BCUT2D eigenvalue weighted by Crippen LogP contribution is -2.19. The normalized spacial score (nSPS) is 12.6. The molecule has 3 N–H and O–H groups in total. The summed E-state index contributed by atoms with van der Waals surface area (Å²) in [6.07, 6.45) is 0. The van der Waals surface area contributed by atoms with E-state index in [2.05, 4.69) is 32.0 Å². The van der Waals surface area contributed by atoms with Gasteiger partial charge in [-0.3, -0.25) is 0 Å². The number of rotatable bonds is 2. The van der Waals surface area contributed by atoms with Gasteiger partial charge in [-0.25, -0.2) is 0 Å². The first-order chi connectivity index (χ1) is 7.81. The molecule has 0 saturated carbocycles. The molecule has 0 fully saturated rings. The second-order valence-electron chi connectivity index (χ2n) is 5.13. The maximum atomic E-state index is 8.80. The molecule has 94 valence electrons. The molecule has 4 heteroatoms. The summed E-state index contributed by atoms with van der Waals surface area (Å²) >= 11 is 0. The van der Waals surface area contributed by atoms with Gasteiger partial charge in [0.25, 0.3) is 0 Å². The number of oxime groups is 1. The maximum absolute atomic E-state index is 8.80. The van der Waals surface area contributed by atoms with Crippen LogP contribution in [0.5, 0.6) is 5.75 Å². The molecule has 0 unspecified atom stereocenters. The van der Waals surface area contributed by atoms with Crippen LogP contribution in [-0.2, 0) is 5.41 Å². The van der Waals surface area contributed by atoms with Crippen LogP contribution in [0.25, 0.3) is 0 Å². The van der Waals surface area contributed by atoms with Crippen LogP contribution < -0.4 is 10.5 Å². The van der Waals surface area contributed by atoms with E-state index in [1.807, 2.05) is 13.0 Å². The number of hydrogen-bond donors (Lipinski definition) is 2. The third-order valence-electron chi connectivity index (χ3n) is 2.63. The summed E-state index contributed by atoms with van der Waals surface area (Å²) in [5.74, 6) is 0.731. The second kappa shape index (κ2) is 4.65. The van der Waals surface area contributed by atoms with Crippen molar-refractivity contribution in [3.8, 4) is 5.75 Å². The molecule has 0 atom stereocenters. The number of aryl methyl sites for hydroxylation is 1. The van der Waals surface area contributed by atoms with E-state index in [1.54, 1.807) is 7.11 Å². The van der Waals surface area contributed by atoms with Gasteiger partial charge in [-0.1, -0.05) is 32.0 Å². The SMILES string of the molecule is COc1c(/C(N)=N/O)cc(C)cc1C(C)(C)C. The zero-order valence-electron chi connectivity index (χ0n) is 11.0. The Balaban J connectivity index is 3.58. The van der Waals surface area contributed by atoms with E-state index < -0.39 is 0 Å². The zero-order chi connectivity index (χ0) is 13.2. The smallest absolute Gasteiger partial charge is 0.173 e. The number of hydrogen-bond acceptors (Lipinski definition) is 3. The highest BCUT2D eigenvalue weighted by Crippen LogP contribution is 2.35. The molecule has 0 aromatic heterocycles. The number of nitrogens with two attached hydrogens (primary N) is 1. The molecule has 0 amide bonds. The van der Waals surface area contributed by atoms with Crippen molar-refractivity contribution in [2.24, 2.45) is 10.9 Å². The first kappa shape index (κ1) is 13.4. The van der Waals surface area contributed by atoms with E-state index in [1.165, 1.54) is 0 Å². The largest absolute Gasteiger partial charge is 0.496 e. The summed E-state index contributed by atoms with van der Waals surface area (Å²) in [4.78, 5) is 0. The van der Waals surface area contributed by atoms with Gasteiger partial charge in [0.1, 0.15) is 5.75 Å². The van der Waals surface area contributed by atoms with Crippen molar-refractivity contribution < 1.29 is 9.94 Å². The van der Waals surface area contributed by atoms with Crippen LogP contribution in [0.1, 0.15) is 37.5 Å². The van der Waals surface area contributed by atoms with E-state index in [0.717, 1.165) is 11.1 Å². The van der Waals surface area contributed by atoms with Gasteiger partial charge in [0, 0.05) is 5.56 Å². The van der Waals surface area contributed by atoms with Gasteiger partial charge in [-0.2, -0.15) is 0 Å². The monoisotopic (exact) mass is 236 g/mol. The lowest BCUT2D eigenvalue weighted by Gasteiger charge is -2.24. The van der Waals surface area contributed by atoms with Gasteiger partial charge < -0.3 is 15.7 Å². The molecule has 1 aromatic carbocycles. The second-order valence-corrected chi connectivity index (χ2v) is 5.13. The molecule has 0 spiro atoms. The zero-order valence-corrected chi connectivity index (χ0v) is 11.0. The highest BCUT2D eigenvalue weighted by molar-refractivity contribution is 6.00. The van der Waals surface area contributed by atoms with Crippen LogP contribution >= 0.6 is 0 Å². The Morgan fingerprint density at radius 2 is 1.94 bits per heavy atom. The molecule has 0 bridgehead atoms. The third-order valence-corrected chi connectivity index (χ3v) is 2.63. The summed E-state index contributed by atoms with van der Waals surface area (Å²) in [6, 6.07) is 3.91. The number of ether oxygens (including phenoxy) is 1. The summed E-state index contributed by atoms with van der Waals surface area (Å²) in [5.41, 5.74) is 8.33. The number of amidine groups is 1. The molecule has 0 aliphatic carbocycles. The first-order valence-corrected chi connectivity index (χ1v) is 5.48. The average Bonchev–Trinajstić information content (AvgIpc) is 2.25. The standard InChI is InChI=1S/C13H20N2O2/c1-8-6-9(12(14)15-16)11(17-5)10(7-8)13(2,3)4/h6-7,16H,1-5H3,(H2,14,15). The number of nitrogens with zero attached hydrogens (tertiary/aromatic N) is 1. The molecule has 1 aromatic rings. The van der Waals surface area contributed by atoms with Crippen molar-refractivity contribution in [2.75, 3.05) is 7.11 Å². The predicted molar refractivity (Wildman–Crippen MR) is 68.9 cm³/mol. The summed E-state index contributed by atoms with van der Waals surface area (Å²) in [7, 11) is 1.59. The van der Waals surface area contributed by atoms with Crippen LogP contribution in [0.2, 0.25) is 0 Å². The fraction of sp³-hybridized carbons (Fsp3) is 0.462. The van der Waals surface area contributed by atoms with Crippen molar-refractivity contribution in [1.29, 1.82) is 0 Å². The van der Waals surface area contributed by atoms with E-state index >= 15 is 0 Å². The van der Waals surface area contributed by atoms with Crippen LogP contribution in [0, 0.1) is 6.92 Å². The molecule has 1 rings (SSSR count). The molecule has 0 radical (unpaired) electrons. The lowest BCUT2D eigenvalue weighted by molar-refractivity contribution is 0.318.